The molecule has 0 spiro atoms. The third-order valence-electron chi connectivity index (χ3n) is 3.57. The monoisotopic (exact) mass is 254 g/mol. The third kappa shape index (κ3) is 3.27. The second kappa shape index (κ2) is 6.25. The maximum atomic E-state index is 13.5. The van der Waals surface area contributed by atoms with Crippen molar-refractivity contribution >= 4 is 0 Å². The summed E-state index contributed by atoms with van der Waals surface area (Å²) in [5.41, 5.74) is 0.406. The summed E-state index contributed by atoms with van der Waals surface area (Å²) in [6.45, 7) is 5.73. The van der Waals surface area contributed by atoms with E-state index in [0.29, 0.717) is 18.2 Å². The molecule has 1 aromatic carbocycles. The maximum absolute atomic E-state index is 13.5. The van der Waals surface area contributed by atoms with Gasteiger partial charge in [0.1, 0.15) is 0 Å². The highest BCUT2D eigenvalue weighted by molar-refractivity contribution is 5.18. The van der Waals surface area contributed by atoms with E-state index in [4.69, 9.17) is 0 Å². The topological polar surface area (TPSA) is 15.3 Å². The Hall–Kier alpha value is -1.00. The van der Waals surface area contributed by atoms with Gasteiger partial charge in [-0.1, -0.05) is 19.1 Å². The number of likely N-dealkylation sites (N-methyl/N-ethyl adjacent to an activating group) is 1. The first-order chi connectivity index (χ1) is 8.70. The minimum Gasteiger partial charge on any atom is -0.309 e. The Morgan fingerprint density at radius 2 is 2.22 bits per heavy atom. The number of nitrogens with zero attached hydrogens (tertiary/aromatic N) is 1. The van der Waals surface area contributed by atoms with Gasteiger partial charge in [0.05, 0.1) is 0 Å². The normalized spacial score (nSPS) is 21.2. The number of piperidine rings is 1. The van der Waals surface area contributed by atoms with Gasteiger partial charge in [-0.15, -0.1) is 0 Å². The summed E-state index contributed by atoms with van der Waals surface area (Å²) in [7, 11) is 0. The molecule has 0 aliphatic carbocycles. The molecule has 18 heavy (non-hydrogen) atoms. The molecule has 100 valence electrons. The lowest BCUT2D eigenvalue weighted by Crippen LogP contribution is -2.45. The molecule has 1 atom stereocenters. The molecule has 1 aliphatic heterocycles. The molecule has 1 fully saturated rings. The number of benzene rings is 1. The Morgan fingerprint density at radius 3 is 3.00 bits per heavy atom. The van der Waals surface area contributed by atoms with Gasteiger partial charge >= 0.3 is 0 Å². The van der Waals surface area contributed by atoms with Gasteiger partial charge in [-0.2, -0.15) is 0 Å². The summed E-state index contributed by atoms with van der Waals surface area (Å²) in [5.74, 6) is -1.50. The van der Waals surface area contributed by atoms with Gasteiger partial charge in [0, 0.05) is 24.7 Å². The second-order valence-corrected chi connectivity index (χ2v) is 4.83. The van der Waals surface area contributed by atoms with Crippen molar-refractivity contribution in [1.29, 1.82) is 0 Å². The minimum atomic E-state index is -0.770. The number of rotatable bonds is 4. The Labute approximate surface area is 107 Å². The quantitative estimate of drug-likeness (QED) is 0.888. The Bertz CT molecular complexity index is 395. The van der Waals surface area contributed by atoms with Crippen molar-refractivity contribution in [3.63, 3.8) is 0 Å². The van der Waals surface area contributed by atoms with Gasteiger partial charge < -0.3 is 10.2 Å². The summed E-state index contributed by atoms with van der Waals surface area (Å²) < 4.78 is 26.5. The highest BCUT2D eigenvalue weighted by Crippen LogP contribution is 2.13. The number of halogens is 2. The molecule has 1 aliphatic rings. The van der Waals surface area contributed by atoms with Crippen molar-refractivity contribution in [3.05, 3.63) is 35.4 Å². The van der Waals surface area contributed by atoms with Crippen LogP contribution in [0.5, 0.6) is 0 Å². The summed E-state index contributed by atoms with van der Waals surface area (Å²) in [4.78, 5) is 2.38. The Kier molecular flexibility index (Phi) is 4.66. The van der Waals surface area contributed by atoms with Crippen LogP contribution in [0.25, 0.3) is 0 Å². The van der Waals surface area contributed by atoms with Crippen LogP contribution in [-0.2, 0) is 6.54 Å². The summed E-state index contributed by atoms with van der Waals surface area (Å²) in [5, 5.41) is 3.32. The first kappa shape index (κ1) is 13.4. The zero-order valence-electron chi connectivity index (χ0n) is 10.8. The van der Waals surface area contributed by atoms with E-state index in [-0.39, 0.29) is 0 Å². The number of hydrogen-bond donors (Lipinski definition) is 1. The van der Waals surface area contributed by atoms with E-state index >= 15 is 0 Å². The van der Waals surface area contributed by atoms with Gasteiger partial charge in [-0.3, -0.25) is 0 Å². The standard InChI is InChI=1S/C14H20F2N2/c1-2-18-8-4-6-12(10-18)17-9-11-5-3-7-13(15)14(11)16/h3,5,7,12,17H,2,4,6,8-10H2,1H3. The van der Waals surface area contributed by atoms with Crippen LogP contribution in [-0.4, -0.2) is 30.6 Å². The highest BCUT2D eigenvalue weighted by atomic mass is 19.2. The van der Waals surface area contributed by atoms with Crippen molar-refractivity contribution in [2.24, 2.45) is 0 Å². The molecule has 0 amide bonds. The number of nitrogens with one attached hydrogen (secondary N) is 1. The SMILES string of the molecule is CCN1CCCC(NCc2cccc(F)c2F)C1. The Morgan fingerprint density at radius 1 is 1.39 bits per heavy atom. The molecular formula is C14H20F2N2. The lowest BCUT2D eigenvalue weighted by Gasteiger charge is -2.32. The molecular weight excluding hydrogens is 234 g/mol. The predicted molar refractivity (Wildman–Crippen MR) is 68.3 cm³/mol. The zero-order valence-corrected chi connectivity index (χ0v) is 10.8. The minimum absolute atomic E-state index is 0.376. The molecule has 0 bridgehead atoms. The van der Waals surface area contributed by atoms with Gasteiger partial charge in [-0.05, 0) is 32.0 Å². The van der Waals surface area contributed by atoms with Crippen molar-refractivity contribution in [2.75, 3.05) is 19.6 Å². The molecule has 1 saturated heterocycles. The fourth-order valence-electron chi connectivity index (χ4n) is 2.45. The van der Waals surface area contributed by atoms with E-state index < -0.39 is 11.6 Å². The summed E-state index contributed by atoms with van der Waals surface area (Å²) in [6.07, 6.45) is 2.27. The number of likely N-dealkylation sites (tertiary alicyclic amines) is 1. The zero-order chi connectivity index (χ0) is 13.0. The van der Waals surface area contributed by atoms with Crippen molar-refractivity contribution in [3.8, 4) is 0 Å². The van der Waals surface area contributed by atoms with Crippen LogP contribution in [0.4, 0.5) is 8.78 Å². The highest BCUT2D eigenvalue weighted by Gasteiger charge is 2.18. The van der Waals surface area contributed by atoms with Crippen LogP contribution < -0.4 is 5.32 Å². The first-order valence-corrected chi connectivity index (χ1v) is 6.59. The molecule has 4 heteroatoms. The molecule has 1 unspecified atom stereocenters. The van der Waals surface area contributed by atoms with Crippen molar-refractivity contribution in [1.82, 2.24) is 10.2 Å². The van der Waals surface area contributed by atoms with Crippen LogP contribution in [0.2, 0.25) is 0 Å². The number of hydrogen-bond acceptors (Lipinski definition) is 2. The fourth-order valence-corrected chi connectivity index (χ4v) is 2.45. The lowest BCUT2D eigenvalue weighted by molar-refractivity contribution is 0.198. The average Bonchev–Trinajstić information content (AvgIpc) is 2.41. The largest absolute Gasteiger partial charge is 0.309 e. The molecule has 0 saturated carbocycles. The van der Waals surface area contributed by atoms with Crippen molar-refractivity contribution in [2.45, 2.75) is 32.4 Å². The van der Waals surface area contributed by atoms with Crippen LogP contribution in [0.15, 0.2) is 18.2 Å². The van der Waals surface area contributed by atoms with E-state index in [0.717, 1.165) is 38.5 Å². The Balaban J connectivity index is 1.89. The lowest BCUT2D eigenvalue weighted by atomic mass is 10.1. The van der Waals surface area contributed by atoms with E-state index in [9.17, 15) is 8.78 Å². The predicted octanol–water partition coefficient (Wildman–Crippen LogP) is 2.54. The fraction of sp³-hybridized carbons (Fsp3) is 0.571. The smallest absolute Gasteiger partial charge is 0.163 e. The van der Waals surface area contributed by atoms with E-state index in [1.807, 2.05) is 0 Å². The maximum Gasteiger partial charge on any atom is 0.163 e. The van der Waals surface area contributed by atoms with Gasteiger partial charge in [0.15, 0.2) is 11.6 Å². The van der Waals surface area contributed by atoms with Crippen molar-refractivity contribution < 1.29 is 8.78 Å². The van der Waals surface area contributed by atoms with Crippen LogP contribution >= 0.6 is 0 Å². The summed E-state index contributed by atoms with van der Waals surface area (Å²) >= 11 is 0. The summed E-state index contributed by atoms with van der Waals surface area (Å²) in [6, 6.07) is 4.71. The molecule has 1 heterocycles. The van der Waals surface area contributed by atoms with Crippen LogP contribution in [0.1, 0.15) is 25.3 Å². The molecule has 0 aromatic heterocycles. The van der Waals surface area contributed by atoms with Crippen LogP contribution in [0.3, 0.4) is 0 Å². The van der Waals surface area contributed by atoms with Crippen LogP contribution in [0, 0.1) is 11.6 Å². The second-order valence-electron chi connectivity index (χ2n) is 4.83. The molecule has 0 radical (unpaired) electrons. The van der Waals surface area contributed by atoms with E-state index in [2.05, 4.69) is 17.1 Å². The molecule has 2 nitrogen and oxygen atoms in total. The van der Waals surface area contributed by atoms with E-state index in [1.54, 1.807) is 12.1 Å². The van der Waals surface area contributed by atoms with Gasteiger partial charge in [0.25, 0.3) is 0 Å². The molecule has 2 rings (SSSR count). The van der Waals surface area contributed by atoms with Gasteiger partial charge in [-0.25, -0.2) is 8.78 Å². The third-order valence-corrected chi connectivity index (χ3v) is 3.57. The van der Waals surface area contributed by atoms with E-state index in [1.165, 1.54) is 0 Å². The molecule has 1 N–H and O–H groups in total. The molecule has 1 aromatic rings. The first-order valence-electron chi connectivity index (χ1n) is 6.59. The average molecular weight is 254 g/mol. The van der Waals surface area contributed by atoms with Gasteiger partial charge in [0.2, 0.25) is 0 Å².